The molecule has 1 aromatic carbocycles. The van der Waals surface area contributed by atoms with Gasteiger partial charge in [-0.2, -0.15) is 4.37 Å². The lowest BCUT2D eigenvalue weighted by Gasteiger charge is -1.94. The van der Waals surface area contributed by atoms with Crippen molar-refractivity contribution in [3.05, 3.63) is 23.8 Å². The Labute approximate surface area is 75.0 Å². The first kappa shape index (κ1) is 7.55. The number of rotatable bonds is 1. The predicted octanol–water partition coefficient (Wildman–Crippen LogP) is 2.61. The van der Waals surface area contributed by atoms with Gasteiger partial charge in [0.1, 0.15) is 0 Å². The summed E-state index contributed by atoms with van der Waals surface area (Å²) in [5.74, 6) is 0.735. The quantitative estimate of drug-likeness (QED) is 0.671. The number of ether oxygens (including phenoxy) is 1. The third kappa shape index (κ3) is 1.06. The molecular weight excluding hydrogens is 170 g/mol. The summed E-state index contributed by atoms with van der Waals surface area (Å²) in [6, 6.07) is 6.25. The van der Waals surface area contributed by atoms with Crippen molar-refractivity contribution in [1.82, 2.24) is 4.37 Å². The van der Waals surface area contributed by atoms with Crippen LogP contribution in [0.4, 0.5) is 0 Å². The van der Waals surface area contributed by atoms with E-state index >= 15 is 0 Å². The largest absolute Gasteiger partial charge is 0.480 e. The Morgan fingerprint density at radius 2 is 2.25 bits per heavy atom. The van der Waals surface area contributed by atoms with Crippen molar-refractivity contribution in [2.45, 2.75) is 6.92 Å². The SMILES string of the molecule is COc1nsc2ccc(C)cc12. The van der Waals surface area contributed by atoms with Crippen molar-refractivity contribution >= 4 is 21.6 Å². The van der Waals surface area contributed by atoms with Gasteiger partial charge < -0.3 is 4.74 Å². The van der Waals surface area contributed by atoms with Gasteiger partial charge in [-0.3, -0.25) is 0 Å². The molecule has 62 valence electrons. The molecule has 2 rings (SSSR count). The van der Waals surface area contributed by atoms with Crippen LogP contribution < -0.4 is 4.74 Å². The zero-order valence-corrected chi connectivity index (χ0v) is 7.81. The summed E-state index contributed by atoms with van der Waals surface area (Å²) < 4.78 is 10.5. The van der Waals surface area contributed by atoms with Gasteiger partial charge in [-0.25, -0.2) is 0 Å². The van der Waals surface area contributed by atoms with Gasteiger partial charge in [0.25, 0.3) is 0 Å². The maximum Gasteiger partial charge on any atom is 0.232 e. The van der Waals surface area contributed by atoms with Crippen molar-refractivity contribution < 1.29 is 4.74 Å². The van der Waals surface area contributed by atoms with Crippen LogP contribution in [0.2, 0.25) is 0 Å². The van der Waals surface area contributed by atoms with E-state index in [-0.39, 0.29) is 0 Å². The molecule has 0 amide bonds. The second kappa shape index (κ2) is 2.75. The van der Waals surface area contributed by atoms with Crippen LogP contribution in [0.25, 0.3) is 10.1 Å². The van der Waals surface area contributed by atoms with Gasteiger partial charge in [-0.1, -0.05) is 11.6 Å². The fraction of sp³-hybridized carbons (Fsp3) is 0.222. The van der Waals surface area contributed by atoms with Crippen LogP contribution in [0.3, 0.4) is 0 Å². The number of hydrogen-bond acceptors (Lipinski definition) is 3. The van der Waals surface area contributed by atoms with Crippen LogP contribution >= 0.6 is 11.5 Å². The van der Waals surface area contributed by atoms with E-state index < -0.39 is 0 Å². The van der Waals surface area contributed by atoms with Gasteiger partial charge in [0, 0.05) is 0 Å². The minimum Gasteiger partial charge on any atom is -0.480 e. The highest BCUT2D eigenvalue weighted by atomic mass is 32.1. The lowest BCUT2D eigenvalue weighted by Crippen LogP contribution is -1.81. The smallest absolute Gasteiger partial charge is 0.232 e. The van der Waals surface area contributed by atoms with Gasteiger partial charge in [-0.05, 0) is 30.6 Å². The summed E-state index contributed by atoms with van der Waals surface area (Å²) >= 11 is 1.47. The van der Waals surface area contributed by atoms with Crippen LogP contribution in [0.5, 0.6) is 5.88 Å². The number of hydrogen-bond donors (Lipinski definition) is 0. The van der Waals surface area contributed by atoms with Crippen LogP contribution in [-0.4, -0.2) is 11.5 Å². The second-order valence-corrected chi connectivity index (χ2v) is 3.50. The van der Waals surface area contributed by atoms with Crippen LogP contribution in [0.15, 0.2) is 18.2 Å². The maximum atomic E-state index is 5.12. The summed E-state index contributed by atoms with van der Waals surface area (Å²) in [5.41, 5.74) is 1.24. The van der Waals surface area contributed by atoms with E-state index in [1.165, 1.54) is 21.8 Å². The third-order valence-electron chi connectivity index (χ3n) is 1.79. The van der Waals surface area contributed by atoms with E-state index in [0.717, 1.165) is 11.3 Å². The summed E-state index contributed by atoms with van der Waals surface area (Å²) in [4.78, 5) is 0. The van der Waals surface area contributed by atoms with Gasteiger partial charge in [0.2, 0.25) is 5.88 Å². The minimum absolute atomic E-state index is 0.735. The summed E-state index contributed by atoms with van der Waals surface area (Å²) in [5, 5.41) is 1.11. The Morgan fingerprint density at radius 1 is 1.42 bits per heavy atom. The summed E-state index contributed by atoms with van der Waals surface area (Å²) in [6.07, 6.45) is 0. The third-order valence-corrected chi connectivity index (χ3v) is 2.60. The van der Waals surface area contributed by atoms with E-state index in [4.69, 9.17) is 4.74 Å². The van der Waals surface area contributed by atoms with E-state index in [9.17, 15) is 0 Å². The first-order valence-electron chi connectivity index (χ1n) is 3.71. The molecule has 0 saturated heterocycles. The molecule has 1 heterocycles. The van der Waals surface area contributed by atoms with Crippen molar-refractivity contribution in [2.75, 3.05) is 7.11 Å². The maximum absolute atomic E-state index is 5.12. The lowest BCUT2D eigenvalue weighted by atomic mass is 10.2. The Hall–Kier alpha value is -1.09. The Bertz CT molecular complexity index is 408. The fourth-order valence-corrected chi connectivity index (χ4v) is 1.91. The average Bonchev–Trinajstić information content (AvgIpc) is 2.46. The molecule has 1 aromatic heterocycles. The molecule has 0 aliphatic carbocycles. The van der Waals surface area contributed by atoms with Gasteiger partial charge in [-0.15, -0.1) is 0 Å². The molecule has 12 heavy (non-hydrogen) atoms. The molecule has 0 saturated carbocycles. The number of aromatic nitrogens is 1. The number of nitrogens with zero attached hydrogens (tertiary/aromatic N) is 1. The van der Waals surface area contributed by atoms with E-state index in [2.05, 4.69) is 29.5 Å². The van der Waals surface area contributed by atoms with E-state index in [0.29, 0.717) is 0 Å². The molecule has 0 N–H and O–H groups in total. The van der Waals surface area contributed by atoms with Crippen LogP contribution in [0, 0.1) is 6.92 Å². The van der Waals surface area contributed by atoms with Gasteiger partial charge in [0.15, 0.2) is 0 Å². The zero-order valence-electron chi connectivity index (χ0n) is 7.00. The second-order valence-electron chi connectivity index (χ2n) is 2.69. The van der Waals surface area contributed by atoms with E-state index in [1.807, 2.05) is 0 Å². The first-order valence-corrected chi connectivity index (χ1v) is 4.48. The molecule has 0 radical (unpaired) electrons. The van der Waals surface area contributed by atoms with Crippen LogP contribution in [0.1, 0.15) is 5.56 Å². The molecular formula is C9H9NOS. The number of aryl methyl sites for hydroxylation is 1. The number of benzene rings is 1. The Morgan fingerprint density at radius 3 is 3.00 bits per heavy atom. The number of methoxy groups -OCH3 is 1. The highest BCUT2D eigenvalue weighted by Crippen LogP contribution is 2.28. The normalized spacial score (nSPS) is 10.5. The molecule has 0 atom stereocenters. The van der Waals surface area contributed by atoms with E-state index in [1.54, 1.807) is 7.11 Å². The summed E-state index contributed by atoms with van der Waals surface area (Å²) in [6.45, 7) is 2.07. The zero-order chi connectivity index (χ0) is 8.55. The molecule has 3 heteroatoms. The molecule has 0 aliphatic heterocycles. The van der Waals surface area contributed by atoms with Crippen LogP contribution in [-0.2, 0) is 0 Å². The topological polar surface area (TPSA) is 22.1 Å². The molecule has 0 unspecified atom stereocenters. The standard InChI is InChI=1S/C9H9NOS/c1-6-3-4-8-7(5-6)9(11-2)10-12-8/h3-5H,1-2H3. The monoisotopic (exact) mass is 179 g/mol. The molecule has 0 aliphatic rings. The molecule has 2 nitrogen and oxygen atoms in total. The van der Waals surface area contributed by atoms with Gasteiger partial charge >= 0.3 is 0 Å². The fourth-order valence-electron chi connectivity index (χ4n) is 1.18. The molecule has 0 spiro atoms. The number of fused-ring (bicyclic) bond motifs is 1. The van der Waals surface area contributed by atoms with Crippen molar-refractivity contribution in [2.24, 2.45) is 0 Å². The minimum atomic E-state index is 0.735. The van der Waals surface area contributed by atoms with Crippen molar-refractivity contribution in [3.63, 3.8) is 0 Å². The molecule has 0 fully saturated rings. The highest BCUT2D eigenvalue weighted by Gasteiger charge is 2.04. The predicted molar refractivity (Wildman–Crippen MR) is 50.9 cm³/mol. The Kier molecular flexibility index (Phi) is 1.73. The molecule has 0 bridgehead atoms. The highest BCUT2D eigenvalue weighted by molar-refractivity contribution is 7.13. The Balaban J connectivity index is 2.75. The molecule has 2 aromatic rings. The van der Waals surface area contributed by atoms with Crippen molar-refractivity contribution in [3.8, 4) is 5.88 Å². The lowest BCUT2D eigenvalue weighted by molar-refractivity contribution is 0.407. The first-order chi connectivity index (χ1) is 5.81. The van der Waals surface area contributed by atoms with Crippen molar-refractivity contribution in [1.29, 1.82) is 0 Å². The summed E-state index contributed by atoms with van der Waals surface area (Å²) in [7, 11) is 1.65. The average molecular weight is 179 g/mol. The van der Waals surface area contributed by atoms with Gasteiger partial charge in [0.05, 0.1) is 17.2 Å².